The van der Waals surface area contributed by atoms with Gasteiger partial charge in [0.05, 0.1) is 18.4 Å². The van der Waals surface area contributed by atoms with E-state index in [9.17, 15) is 9.18 Å². The van der Waals surface area contributed by atoms with Crippen molar-refractivity contribution in [1.82, 2.24) is 0 Å². The summed E-state index contributed by atoms with van der Waals surface area (Å²) in [5, 5.41) is 0. The van der Waals surface area contributed by atoms with Crippen molar-refractivity contribution >= 4 is 17.3 Å². The summed E-state index contributed by atoms with van der Waals surface area (Å²) in [5.74, 6) is -1.12. The van der Waals surface area contributed by atoms with Crippen molar-refractivity contribution in [1.29, 1.82) is 0 Å². The van der Waals surface area contributed by atoms with Crippen LogP contribution in [0.5, 0.6) is 0 Å². The summed E-state index contributed by atoms with van der Waals surface area (Å²) in [6.07, 6.45) is 1.85. The van der Waals surface area contributed by atoms with Gasteiger partial charge >= 0.3 is 5.97 Å². The molecule has 2 rings (SSSR count). The van der Waals surface area contributed by atoms with E-state index in [0.29, 0.717) is 12.2 Å². The second kappa shape index (κ2) is 5.44. The number of nitrogens with zero attached hydrogens (tertiary/aromatic N) is 1. The SMILES string of the molecule is COC(=O)c1cc(F)c(N2CCC[C@H](N)C2)cc1N. The fourth-order valence-electron chi connectivity index (χ4n) is 2.34. The third kappa shape index (κ3) is 2.78. The van der Waals surface area contributed by atoms with Gasteiger partial charge in [0, 0.05) is 24.8 Å². The van der Waals surface area contributed by atoms with Crippen LogP contribution in [0.15, 0.2) is 12.1 Å². The smallest absolute Gasteiger partial charge is 0.340 e. The highest BCUT2D eigenvalue weighted by atomic mass is 19.1. The minimum Gasteiger partial charge on any atom is -0.465 e. The average molecular weight is 267 g/mol. The number of ether oxygens (including phenoxy) is 1. The number of halogens is 1. The average Bonchev–Trinajstić information content (AvgIpc) is 2.40. The molecule has 1 heterocycles. The summed E-state index contributed by atoms with van der Waals surface area (Å²) in [4.78, 5) is 13.3. The van der Waals surface area contributed by atoms with Gasteiger partial charge in [-0.1, -0.05) is 0 Å². The number of rotatable bonds is 2. The van der Waals surface area contributed by atoms with Gasteiger partial charge in [-0.2, -0.15) is 0 Å². The van der Waals surface area contributed by atoms with Gasteiger partial charge in [-0.05, 0) is 25.0 Å². The molecule has 0 unspecified atom stereocenters. The molecule has 1 saturated heterocycles. The molecule has 0 spiro atoms. The van der Waals surface area contributed by atoms with Gasteiger partial charge in [-0.25, -0.2) is 9.18 Å². The molecule has 19 heavy (non-hydrogen) atoms. The molecule has 5 nitrogen and oxygen atoms in total. The number of carbonyl (C=O) groups excluding carboxylic acids is 1. The molecule has 0 aliphatic carbocycles. The Morgan fingerprint density at radius 3 is 2.89 bits per heavy atom. The van der Waals surface area contributed by atoms with E-state index in [1.807, 2.05) is 4.90 Å². The third-order valence-electron chi connectivity index (χ3n) is 3.32. The number of nitrogen functional groups attached to an aromatic ring is 1. The summed E-state index contributed by atoms with van der Waals surface area (Å²) in [5.41, 5.74) is 12.3. The predicted octanol–water partition coefficient (Wildman–Crippen LogP) is 1.12. The van der Waals surface area contributed by atoms with Crippen molar-refractivity contribution in [2.45, 2.75) is 18.9 Å². The van der Waals surface area contributed by atoms with Gasteiger partial charge in [0.25, 0.3) is 0 Å². The molecule has 1 fully saturated rings. The van der Waals surface area contributed by atoms with E-state index in [-0.39, 0.29) is 17.3 Å². The molecular formula is C13H18FN3O2. The van der Waals surface area contributed by atoms with Crippen LogP contribution in [0.1, 0.15) is 23.2 Å². The van der Waals surface area contributed by atoms with Gasteiger partial charge in [-0.15, -0.1) is 0 Å². The summed E-state index contributed by atoms with van der Waals surface area (Å²) in [6, 6.07) is 2.63. The van der Waals surface area contributed by atoms with Crippen LogP contribution >= 0.6 is 0 Å². The highest BCUT2D eigenvalue weighted by Crippen LogP contribution is 2.28. The van der Waals surface area contributed by atoms with E-state index in [0.717, 1.165) is 25.5 Å². The molecule has 1 aromatic carbocycles. The maximum Gasteiger partial charge on any atom is 0.340 e. The molecule has 0 amide bonds. The Morgan fingerprint density at radius 1 is 1.53 bits per heavy atom. The first kappa shape index (κ1) is 13.6. The summed E-state index contributed by atoms with van der Waals surface area (Å²) in [7, 11) is 1.23. The second-order valence-electron chi connectivity index (χ2n) is 4.73. The fraction of sp³-hybridized carbons (Fsp3) is 0.462. The zero-order valence-corrected chi connectivity index (χ0v) is 10.9. The Labute approximate surface area is 111 Å². The quantitative estimate of drug-likeness (QED) is 0.620. The zero-order chi connectivity index (χ0) is 14.0. The standard InChI is InChI=1S/C13H18FN3O2/c1-19-13(18)9-5-10(14)12(6-11(9)16)17-4-2-3-8(15)7-17/h5-6,8H,2-4,7,15-16H2,1H3/t8-/m0/s1. The largest absolute Gasteiger partial charge is 0.465 e. The summed E-state index contributed by atoms with van der Waals surface area (Å²) >= 11 is 0. The number of benzene rings is 1. The van der Waals surface area contributed by atoms with E-state index in [1.54, 1.807) is 0 Å². The van der Waals surface area contributed by atoms with E-state index < -0.39 is 11.8 Å². The normalized spacial score (nSPS) is 19.3. The number of esters is 1. The fourth-order valence-corrected chi connectivity index (χ4v) is 2.34. The Balaban J connectivity index is 2.32. The van der Waals surface area contributed by atoms with Crippen LogP contribution in [0, 0.1) is 5.82 Å². The molecule has 104 valence electrons. The minimum atomic E-state index is -0.640. The lowest BCUT2D eigenvalue weighted by molar-refractivity contribution is 0.0601. The molecule has 0 radical (unpaired) electrons. The van der Waals surface area contributed by atoms with E-state index in [4.69, 9.17) is 11.5 Å². The first-order valence-corrected chi connectivity index (χ1v) is 6.20. The molecule has 4 N–H and O–H groups in total. The van der Waals surface area contributed by atoms with Crippen LogP contribution in [0.4, 0.5) is 15.8 Å². The lowest BCUT2D eigenvalue weighted by atomic mass is 10.0. The molecular weight excluding hydrogens is 249 g/mol. The maximum atomic E-state index is 14.1. The number of hydrogen-bond donors (Lipinski definition) is 2. The van der Waals surface area contributed by atoms with Gasteiger partial charge in [-0.3, -0.25) is 0 Å². The maximum absolute atomic E-state index is 14.1. The van der Waals surface area contributed by atoms with Crippen molar-refractivity contribution in [2.24, 2.45) is 5.73 Å². The van der Waals surface area contributed by atoms with Crippen LogP contribution in [0.3, 0.4) is 0 Å². The Bertz CT molecular complexity index is 493. The Kier molecular flexibility index (Phi) is 3.90. The molecule has 0 aromatic heterocycles. The van der Waals surface area contributed by atoms with Crippen LogP contribution in [0.25, 0.3) is 0 Å². The van der Waals surface area contributed by atoms with Crippen LogP contribution in [0.2, 0.25) is 0 Å². The second-order valence-corrected chi connectivity index (χ2v) is 4.73. The van der Waals surface area contributed by atoms with Crippen molar-refractivity contribution in [3.8, 4) is 0 Å². The first-order chi connectivity index (χ1) is 9.02. The Hall–Kier alpha value is -1.82. The minimum absolute atomic E-state index is 0.0367. The lowest BCUT2D eigenvalue weighted by Crippen LogP contribution is -2.43. The number of methoxy groups -OCH3 is 1. The van der Waals surface area contributed by atoms with Gasteiger partial charge in [0.1, 0.15) is 5.82 Å². The molecule has 6 heteroatoms. The van der Waals surface area contributed by atoms with Gasteiger partial charge in [0.2, 0.25) is 0 Å². The number of nitrogens with two attached hydrogens (primary N) is 2. The molecule has 1 aliphatic rings. The highest BCUT2D eigenvalue weighted by molar-refractivity contribution is 5.95. The first-order valence-electron chi connectivity index (χ1n) is 6.20. The van der Waals surface area contributed by atoms with Crippen LogP contribution in [-0.4, -0.2) is 32.2 Å². The highest BCUT2D eigenvalue weighted by Gasteiger charge is 2.22. The van der Waals surface area contributed by atoms with Crippen molar-refractivity contribution in [3.63, 3.8) is 0 Å². The molecule has 1 aromatic rings. The molecule has 1 aliphatic heterocycles. The third-order valence-corrected chi connectivity index (χ3v) is 3.32. The van der Waals surface area contributed by atoms with Crippen LogP contribution < -0.4 is 16.4 Å². The molecule has 0 bridgehead atoms. The van der Waals surface area contributed by atoms with Crippen molar-refractivity contribution in [2.75, 3.05) is 30.8 Å². The lowest BCUT2D eigenvalue weighted by Gasteiger charge is -2.33. The summed E-state index contributed by atoms with van der Waals surface area (Å²) in [6.45, 7) is 1.33. The van der Waals surface area contributed by atoms with E-state index >= 15 is 0 Å². The molecule has 0 saturated carbocycles. The summed E-state index contributed by atoms with van der Waals surface area (Å²) < 4.78 is 18.6. The number of hydrogen-bond acceptors (Lipinski definition) is 5. The van der Waals surface area contributed by atoms with E-state index in [2.05, 4.69) is 4.74 Å². The number of piperidine rings is 1. The molecule has 1 atom stereocenters. The Morgan fingerprint density at radius 2 is 2.26 bits per heavy atom. The van der Waals surface area contributed by atoms with Crippen molar-refractivity contribution in [3.05, 3.63) is 23.5 Å². The topological polar surface area (TPSA) is 81.6 Å². The number of carbonyl (C=O) groups is 1. The van der Waals surface area contributed by atoms with Gasteiger partial charge in [0.15, 0.2) is 0 Å². The van der Waals surface area contributed by atoms with Crippen molar-refractivity contribution < 1.29 is 13.9 Å². The zero-order valence-electron chi connectivity index (χ0n) is 10.9. The van der Waals surface area contributed by atoms with Gasteiger partial charge < -0.3 is 21.1 Å². The van der Waals surface area contributed by atoms with Crippen LogP contribution in [-0.2, 0) is 4.74 Å². The monoisotopic (exact) mass is 267 g/mol. The van der Waals surface area contributed by atoms with E-state index in [1.165, 1.54) is 13.2 Å². The predicted molar refractivity (Wildman–Crippen MR) is 71.6 cm³/mol. The number of anilines is 2.